The van der Waals surface area contributed by atoms with Crippen molar-refractivity contribution < 1.29 is 18.9 Å². The summed E-state index contributed by atoms with van der Waals surface area (Å²) in [5, 5.41) is 0. The van der Waals surface area contributed by atoms with Gasteiger partial charge in [-0.1, -0.05) is 0 Å². The number of ether oxygens (including phenoxy) is 4. The summed E-state index contributed by atoms with van der Waals surface area (Å²) in [6, 6.07) is 12.6. The highest BCUT2D eigenvalue weighted by Crippen LogP contribution is 2.28. The Hall–Kier alpha value is -2.56. The van der Waals surface area contributed by atoms with Crippen LogP contribution in [0, 0.1) is 0 Å². The van der Waals surface area contributed by atoms with Crippen molar-refractivity contribution in [3.8, 4) is 23.0 Å². The van der Waals surface area contributed by atoms with Crippen LogP contribution in [0.5, 0.6) is 23.0 Å². The Kier molecular flexibility index (Phi) is 5.15. The summed E-state index contributed by atoms with van der Waals surface area (Å²) in [5.41, 5.74) is 6.35. The van der Waals surface area contributed by atoms with E-state index in [4.69, 9.17) is 24.7 Å². The maximum absolute atomic E-state index is 5.73. The van der Waals surface area contributed by atoms with Crippen LogP contribution < -0.4 is 24.7 Å². The number of rotatable bonds is 7. The van der Waals surface area contributed by atoms with Crippen LogP contribution in [0.25, 0.3) is 0 Å². The number of hydrogen-bond donors (Lipinski definition) is 1. The van der Waals surface area contributed by atoms with Crippen LogP contribution in [0.2, 0.25) is 0 Å². The quantitative estimate of drug-likeness (QED) is 0.627. The van der Waals surface area contributed by atoms with Gasteiger partial charge in [-0.15, -0.1) is 0 Å². The minimum atomic E-state index is 0.395. The van der Waals surface area contributed by atoms with E-state index in [1.165, 1.54) is 0 Å². The highest BCUT2D eigenvalue weighted by molar-refractivity contribution is 5.51. The molecule has 2 aromatic rings. The SMILES string of the molecule is COc1ccc(OCCOc2cc(N)ccc2OC)cc1. The van der Waals surface area contributed by atoms with E-state index >= 15 is 0 Å². The lowest BCUT2D eigenvalue weighted by Gasteiger charge is -2.12. The minimum absolute atomic E-state index is 0.395. The van der Waals surface area contributed by atoms with Gasteiger partial charge in [0.15, 0.2) is 11.5 Å². The smallest absolute Gasteiger partial charge is 0.163 e. The van der Waals surface area contributed by atoms with Crippen molar-refractivity contribution in [3.63, 3.8) is 0 Å². The molecule has 0 aliphatic heterocycles. The third-order valence-electron chi connectivity index (χ3n) is 2.86. The summed E-state index contributed by atoms with van der Waals surface area (Å²) in [6.45, 7) is 0.816. The van der Waals surface area contributed by atoms with Crippen LogP contribution in [-0.2, 0) is 0 Å². The Bertz CT molecular complexity index is 569. The Labute approximate surface area is 124 Å². The molecule has 0 amide bonds. The molecule has 0 spiro atoms. The molecular weight excluding hydrogens is 270 g/mol. The Morgan fingerprint density at radius 1 is 0.762 bits per heavy atom. The van der Waals surface area contributed by atoms with Crippen LogP contribution in [0.1, 0.15) is 0 Å². The van der Waals surface area contributed by atoms with Crippen molar-refractivity contribution in [2.24, 2.45) is 0 Å². The predicted octanol–water partition coefficient (Wildman–Crippen LogP) is 2.74. The van der Waals surface area contributed by atoms with Crippen LogP contribution in [-0.4, -0.2) is 27.4 Å². The van der Waals surface area contributed by atoms with Crippen molar-refractivity contribution >= 4 is 5.69 Å². The van der Waals surface area contributed by atoms with Crippen LogP contribution >= 0.6 is 0 Å². The first-order chi connectivity index (χ1) is 10.2. The molecule has 0 radical (unpaired) electrons. The van der Waals surface area contributed by atoms with Gasteiger partial charge < -0.3 is 24.7 Å². The predicted molar refractivity (Wildman–Crippen MR) is 81.4 cm³/mol. The van der Waals surface area contributed by atoms with Gasteiger partial charge in [-0.25, -0.2) is 0 Å². The molecule has 2 rings (SSSR count). The third-order valence-corrected chi connectivity index (χ3v) is 2.86. The third kappa shape index (κ3) is 4.21. The number of methoxy groups -OCH3 is 2. The largest absolute Gasteiger partial charge is 0.497 e. The van der Waals surface area contributed by atoms with E-state index in [2.05, 4.69) is 0 Å². The zero-order chi connectivity index (χ0) is 15.1. The van der Waals surface area contributed by atoms with E-state index in [0.717, 1.165) is 11.5 Å². The van der Waals surface area contributed by atoms with Gasteiger partial charge in [0.2, 0.25) is 0 Å². The molecule has 2 aromatic carbocycles. The van der Waals surface area contributed by atoms with Gasteiger partial charge >= 0.3 is 0 Å². The molecule has 5 nitrogen and oxygen atoms in total. The lowest BCUT2D eigenvalue weighted by Crippen LogP contribution is -2.09. The van der Waals surface area contributed by atoms with Crippen molar-refractivity contribution in [1.29, 1.82) is 0 Å². The lowest BCUT2D eigenvalue weighted by molar-refractivity contribution is 0.211. The molecule has 0 bridgehead atoms. The van der Waals surface area contributed by atoms with E-state index in [0.29, 0.717) is 30.4 Å². The maximum atomic E-state index is 5.73. The number of nitrogen functional groups attached to an aromatic ring is 1. The fraction of sp³-hybridized carbons (Fsp3) is 0.250. The highest BCUT2D eigenvalue weighted by atomic mass is 16.5. The average molecular weight is 289 g/mol. The van der Waals surface area contributed by atoms with Gasteiger partial charge in [0, 0.05) is 11.8 Å². The first-order valence-electron chi connectivity index (χ1n) is 6.56. The second kappa shape index (κ2) is 7.28. The minimum Gasteiger partial charge on any atom is -0.497 e. The van der Waals surface area contributed by atoms with E-state index < -0.39 is 0 Å². The number of benzene rings is 2. The molecular formula is C16H19NO4. The van der Waals surface area contributed by atoms with Crippen molar-refractivity contribution in [1.82, 2.24) is 0 Å². The molecule has 0 unspecified atom stereocenters. The molecule has 112 valence electrons. The highest BCUT2D eigenvalue weighted by Gasteiger charge is 2.04. The van der Waals surface area contributed by atoms with Crippen molar-refractivity contribution in [3.05, 3.63) is 42.5 Å². The summed E-state index contributed by atoms with van der Waals surface area (Å²) in [5.74, 6) is 2.81. The van der Waals surface area contributed by atoms with Gasteiger partial charge in [-0.05, 0) is 36.4 Å². The lowest BCUT2D eigenvalue weighted by atomic mass is 10.3. The van der Waals surface area contributed by atoms with Gasteiger partial charge in [0.25, 0.3) is 0 Å². The molecule has 0 aliphatic carbocycles. The topological polar surface area (TPSA) is 62.9 Å². The standard InChI is InChI=1S/C16H19NO4/c1-18-13-4-6-14(7-5-13)20-9-10-21-16-11-12(17)3-8-15(16)19-2/h3-8,11H,9-10,17H2,1-2H3. The Balaban J connectivity index is 1.82. The molecule has 0 saturated carbocycles. The monoisotopic (exact) mass is 289 g/mol. The summed E-state index contributed by atoms with van der Waals surface area (Å²) in [7, 11) is 3.22. The second-order valence-electron chi connectivity index (χ2n) is 4.28. The molecule has 0 heterocycles. The molecule has 0 aromatic heterocycles. The van der Waals surface area contributed by atoms with Crippen LogP contribution in [0.15, 0.2) is 42.5 Å². The number of hydrogen-bond acceptors (Lipinski definition) is 5. The van der Waals surface area contributed by atoms with Gasteiger partial charge in [-0.3, -0.25) is 0 Å². The summed E-state index contributed by atoms with van der Waals surface area (Å²) in [6.07, 6.45) is 0. The fourth-order valence-electron chi connectivity index (χ4n) is 1.79. The first kappa shape index (κ1) is 14.8. The summed E-state index contributed by atoms with van der Waals surface area (Å²) < 4.78 is 21.5. The first-order valence-corrected chi connectivity index (χ1v) is 6.56. The average Bonchev–Trinajstić information content (AvgIpc) is 2.52. The van der Waals surface area contributed by atoms with E-state index in [1.54, 1.807) is 32.4 Å². The van der Waals surface area contributed by atoms with Crippen LogP contribution in [0.4, 0.5) is 5.69 Å². The zero-order valence-electron chi connectivity index (χ0n) is 12.2. The molecule has 5 heteroatoms. The summed E-state index contributed by atoms with van der Waals surface area (Å²) in [4.78, 5) is 0. The van der Waals surface area contributed by atoms with Crippen molar-refractivity contribution in [2.45, 2.75) is 0 Å². The van der Waals surface area contributed by atoms with Gasteiger partial charge in [0.1, 0.15) is 24.7 Å². The molecule has 2 N–H and O–H groups in total. The zero-order valence-corrected chi connectivity index (χ0v) is 12.2. The molecule has 0 aliphatic rings. The Morgan fingerprint density at radius 3 is 2.10 bits per heavy atom. The van der Waals surface area contributed by atoms with Crippen LogP contribution in [0.3, 0.4) is 0 Å². The maximum Gasteiger partial charge on any atom is 0.163 e. The molecule has 0 atom stereocenters. The van der Waals surface area contributed by atoms with Gasteiger partial charge in [0.05, 0.1) is 14.2 Å². The Morgan fingerprint density at radius 2 is 1.43 bits per heavy atom. The molecule has 0 fully saturated rings. The molecule has 0 saturated heterocycles. The van der Waals surface area contributed by atoms with Gasteiger partial charge in [-0.2, -0.15) is 0 Å². The van der Waals surface area contributed by atoms with Crippen molar-refractivity contribution in [2.75, 3.05) is 33.2 Å². The number of nitrogens with two attached hydrogens (primary N) is 1. The number of anilines is 1. The van der Waals surface area contributed by atoms with E-state index in [1.807, 2.05) is 24.3 Å². The fourth-order valence-corrected chi connectivity index (χ4v) is 1.79. The second-order valence-corrected chi connectivity index (χ2v) is 4.28. The summed E-state index contributed by atoms with van der Waals surface area (Å²) >= 11 is 0. The normalized spacial score (nSPS) is 10.0. The van der Waals surface area contributed by atoms with E-state index in [-0.39, 0.29) is 0 Å². The molecule has 21 heavy (non-hydrogen) atoms. The van der Waals surface area contributed by atoms with E-state index in [9.17, 15) is 0 Å².